The highest BCUT2D eigenvalue weighted by Crippen LogP contribution is 2.10. The molecule has 1 heterocycles. The minimum atomic E-state index is -1.22. The van der Waals surface area contributed by atoms with Crippen LogP contribution < -0.4 is 10.6 Å². The summed E-state index contributed by atoms with van der Waals surface area (Å²) in [7, 11) is 0. The molecule has 0 aliphatic rings. The lowest BCUT2D eigenvalue weighted by atomic mass is 10.0. The van der Waals surface area contributed by atoms with E-state index in [1.54, 1.807) is 12.1 Å². The van der Waals surface area contributed by atoms with Crippen molar-refractivity contribution in [2.24, 2.45) is 0 Å². The fraction of sp³-hybridized carbons (Fsp3) is 0.231. The highest BCUT2D eigenvalue weighted by Gasteiger charge is 2.29. The van der Waals surface area contributed by atoms with Gasteiger partial charge in [-0.05, 0) is 54.4 Å². The predicted octanol–water partition coefficient (Wildman–Crippen LogP) is 3.53. The molecule has 7 nitrogen and oxygen atoms in total. The van der Waals surface area contributed by atoms with Crippen molar-refractivity contribution in [2.45, 2.75) is 38.6 Å². The number of Topliss-reactive ketones (excluding diaryl/α,β-unsaturated/α-hetero) is 1. The van der Waals surface area contributed by atoms with Crippen molar-refractivity contribution < 1.29 is 27.9 Å². The van der Waals surface area contributed by atoms with E-state index in [0.717, 1.165) is 0 Å². The van der Waals surface area contributed by atoms with Crippen molar-refractivity contribution in [3.8, 4) is 0 Å². The largest absolute Gasteiger partial charge is 0.364 e. The molecular weight excluding hydrogens is 492 g/mol. The van der Waals surface area contributed by atoms with Gasteiger partial charge in [0.2, 0.25) is 11.7 Å². The molecule has 3 aromatic rings. The van der Waals surface area contributed by atoms with Crippen LogP contribution in [0, 0.1) is 11.6 Å². The number of rotatable bonds is 11. The molecule has 3 rings (SSSR count). The van der Waals surface area contributed by atoms with Crippen LogP contribution in [0.5, 0.6) is 0 Å². The molecule has 0 spiro atoms. The molecule has 0 aliphatic heterocycles. The number of aromatic nitrogens is 1. The molecule has 2 amide bonds. The van der Waals surface area contributed by atoms with Crippen molar-refractivity contribution in [2.75, 3.05) is 0 Å². The second-order valence-corrected chi connectivity index (χ2v) is 8.42. The Balaban J connectivity index is 1.65. The lowest BCUT2D eigenvalue weighted by Gasteiger charge is -2.20. The molecule has 0 saturated carbocycles. The minimum Gasteiger partial charge on any atom is -0.364 e. The minimum absolute atomic E-state index is 0.0177. The van der Waals surface area contributed by atoms with Crippen LogP contribution in [0.2, 0.25) is 5.02 Å². The zero-order valence-electron chi connectivity index (χ0n) is 19.3. The second-order valence-electron chi connectivity index (χ2n) is 7.99. The number of halogens is 3. The van der Waals surface area contributed by atoms with Crippen LogP contribution >= 0.6 is 11.6 Å². The number of amides is 2. The molecular formula is C26H24ClF2N3O4. The number of nitrogens with zero attached hydrogens (tertiary/aromatic N) is 1. The fourth-order valence-electron chi connectivity index (χ4n) is 3.16. The number of pyridine rings is 1. The number of hydrogen-bond acceptors (Lipinski definition) is 5. The van der Waals surface area contributed by atoms with E-state index in [4.69, 9.17) is 16.3 Å². The summed E-state index contributed by atoms with van der Waals surface area (Å²) in [5.74, 6) is -3.27. The number of carbonyl (C=O) groups excluding carboxylic acids is 3. The Kier molecular flexibility index (Phi) is 9.61. The number of nitrogens with one attached hydrogen (secondary N) is 2. The van der Waals surface area contributed by atoms with Crippen molar-refractivity contribution in [3.05, 3.63) is 100 Å². The van der Waals surface area contributed by atoms with Gasteiger partial charge in [-0.25, -0.2) is 8.78 Å². The number of ketones is 1. The summed E-state index contributed by atoms with van der Waals surface area (Å²) in [6, 6.07) is 13.0. The smallest absolute Gasteiger partial charge is 0.289 e. The lowest BCUT2D eigenvalue weighted by Crippen LogP contribution is -2.51. The Hall–Kier alpha value is -3.69. The molecule has 0 unspecified atom stereocenters. The van der Waals surface area contributed by atoms with Gasteiger partial charge in [0.1, 0.15) is 23.8 Å². The quantitative estimate of drug-likeness (QED) is 0.381. The standard InChI is InChI=1S/C26H24ClF2N3O4/c1-16(36-15-18-4-9-21(29)10-5-18)25(34)32-23(12-17-2-7-20(28)8-3-17)24(33)26(35)31-14-22-11-6-19(27)13-30-22/h2-11,13,16,23H,12,14-15H2,1H3,(H,31,35)(H,32,34)/t16-,23-/m1/s1. The number of carbonyl (C=O) groups is 3. The Morgan fingerprint density at radius 2 is 1.56 bits per heavy atom. The van der Waals surface area contributed by atoms with Gasteiger partial charge in [0, 0.05) is 12.6 Å². The van der Waals surface area contributed by atoms with E-state index >= 15 is 0 Å². The fourth-order valence-corrected chi connectivity index (χ4v) is 3.27. The average Bonchev–Trinajstić information content (AvgIpc) is 2.88. The zero-order chi connectivity index (χ0) is 26.1. The Morgan fingerprint density at radius 3 is 2.14 bits per heavy atom. The maximum atomic E-state index is 13.3. The Labute approximate surface area is 211 Å². The van der Waals surface area contributed by atoms with Crippen LogP contribution in [-0.2, 0) is 38.7 Å². The molecule has 0 radical (unpaired) electrons. The number of hydrogen-bond donors (Lipinski definition) is 2. The lowest BCUT2D eigenvalue weighted by molar-refractivity contribution is -0.141. The van der Waals surface area contributed by atoms with Gasteiger partial charge in [-0.2, -0.15) is 0 Å². The molecule has 0 fully saturated rings. The molecule has 0 saturated heterocycles. The molecule has 2 N–H and O–H groups in total. The third kappa shape index (κ3) is 8.21. The monoisotopic (exact) mass is 515 g/mol. The van der Waals surface area contributed by atoms with Crippen molar-refractivity contribution in [1.29, 1.82) is 0 Å². The highest BCUT2D eigenvalue weighted by atomic mass is 35.5. The second kappa shape index (κ2) is 12.9. The van der Waals surface area contributed by atoms with Gasteiger partial charge >= 0.3 is 0 Å². The van der Waals surface area contributed by atoms with Gasteiger partial charge in [-0.3, -0.25) is 19.4 Å². The predicted molar refractivity (Wildman–Crippen MR) is 129 cm³/mol. The summed E-state index contributed by atoms with van der Waals surface area (Å²) in [4.78, 5) is 42.3. The van der Waals surface area contributed by atoms with Crippen LogP contribution in [-0.4, -0.2) is 34.7 Å². The normalized spacial score (nSPS) is 12.4. The third-order valence-corrected chi connectivity index (χ3v) is 5.43. The zero-order valence-corrected chi connectivity index (χ0v) is 20.1. The van der Waals surface area contributed by atoms with Gasteiger partial charge in [-0.1, -0.05) is 35.9 Å². The first-order valence-electron chi connectivity index (χ1n) is 11.0. The maximum absolute atomic E-state index is 13.3. The van der Waals surface area contributed by atoms with Gasteiger partial charge in [0.25, 0.3) is 5.91 Å². The number of benzene rings is 2. The SMILES string of the molecule is C[C@@H](OCc1ccc(F)cc1)C(=O)N[C@H](Cc1ccc(F)cc1)C(=O)C(=O)NCc1ccc(Cl)cn1. The van der Waals surface area contributed by atoms with E-state index < -0.39 is 41.4 Å². The molecule has 0 aliphatic carbocycles. The average molecular weight is 516 g/mol. The first-order chi connectivity index (χ1) is 17.2. The molecule has 2 aromatic carbocycles. The van der Waals surface area contributed by atoms with E-state index in [2.05, 4.69) is 15.6 Å². The summed E-state index contributed by atoms with van der Waals surface area (Å²) < 4.78 is 31.9. The van der Waals surface area contributed by atoms with Gasteiger partial charge in [0.05, 0.1) is 23.9 Å². The van der Waals surface area contributed by atoms with Crippen LogP contribution in [0.25, 0.3) is 0 Å². The van der Waals surface area contributed by atoms with Gasteiger partial charge in [0.15, 0.2) is 0 Å². The van der Waals surface area contributed by atoms with E-state index in [1.807, 2.05) is 0 Å². The first-order valence-corrected chi connectivity index (χ1v) is 11.4. The molecule has 0 bridgehead atoms. The maximum Gasteiger partial charge on any atom is 0.289 e. The van der Waals surface area contributed by atoms with E-state index in [1.165, 1.54) is 61.7 Å². The van der Waals surface area contributed by atoms with Crippen LogP contribution in [0.4, 0.5) is 8.78 Å². The summed E-state index contributed by atoms with van der Waals surface area (Å²) in [6.45, 7) is 1.51. The van der Waals surface area contributed by atoms with Crippen molar-refractivity contribution in [1.82, 2.24) is 15.6 Å². The Bertz CT molecular complexity index is 1190. The summed E-state index contributed by atoms with van der Waals surface area (Å²) >= 11 is 5.80. The molecule has 2 atom stereocenters. The third-order valence-electron chi connectivity index (χ3n) is 5.21. The molecule has 188 valence electrons. The number of ether oxygens (including phenoxy) is 1. The van der Waals surface area contributed by atoms with Crippen LogP contribution in [0.1, 0.15) is 23.7 Å². The molecule has 36 heavy (non-hydrogen) atoms. The topological polar surface area (TPSA) is 97.4 Å². The van der Waals surface area contributed by atoms with Crippen molar-refractivity contribution in [3.63, 3.8) is 0 Å². The van der Waals surface area contributed by atoms with Gasteiger partial charge < -0.3 is 15.4 Å². The summed E-state index contributed by atoms with van der Waals surface area (Å²) in [5, 5.41) is 5.46. The summed E-state index contributed by atoms with van der Waals surface area (Å²) in [6.07, 6.45) is 0.401. The summed E-state index contributed by atoms with van der Waals surface area (Å²) in [5.41, 5.74) is 1.69. The van der Waals surface area contributed by atoms with E-state index in [9.17, 15) is 23.2 Å². The Morgan fingerprint density at radius 1 is 0.944 bits per heavy atom. The first kappa shape index (κ1) is 26.9. The van der Waals surface area contributed by atoms with Crippen LogP contribution in [0.3, 0.4) is 0 Å². The van der Waals surface area contributed by atoms with Gasteiger partial charge in [-0.15, -0.1) is 0 Å². The van der Waals surface area contributed by atoms with Crippen molar-refractivity contribution >= 4 is 29.2 Å². The van der Waals surface area contributed by atoms with E-state index in [0.29, 0.717) is 21.8 Å². The molecule has 1 aromatic heterocycles. The van der Waals surface area contributed by atoms with E-state index in [-0.39, 0.29) is 19.6 Å². The van der Waals surface area contributed by atoms with Crippen LogP contribution in [0.15, 0.2) is 66.9 Å². The highest BCUT2D eigenvalue weighted by molar-refractivity contribution is 6.38. The molecule has 10 heteroatoms.